The fraction of sp³-hybridized carbons (Fsp3) is 0.0833. The Hall–Kier alpha value is -2.15. The molecule has 0 unspecified atom stereocenters. The number of carbonyl (C=O) groups is 1. The summed E-state index contributed by atoms with van der Waals surface area (Å²) >= 11 is 3.31. The van der Waals surface area contributed by atoms with Gasteiger partial charge in [0.25, 0.3) is 5.56 Å². The van der Waals surface area contributed by atoms with Gasteiger partial charge in [-0.2, -0.15) is 5.10 Å². The van der Waals surface area contributed by atoms with E-state index < -0.39 is 5.56 Å². The van der Waals surface area contributed by atoms with Crippen molar-refractivity contribution in [1.82, 2.24) is 9.78 Å². The Labute approximate surface area is 117 Å². The van der Waals surface area contributed by atoms with Gasteiger partial charge in [-0.1, -0.05) is 22.0 Å². The zero-order valence-corrected chi connectivity index (χ0v) is 11.4. The van der Waals surface area contributed by atoms with E-state index in [1.807, 2.05) is 6.07 Å². The summed E-state index contributed by atoms with van der Waals surface area (Å²) in [5.41, 5.74) is 5.92. The highest BCUT2D eigenvalue weighted by atomic mass is 79.9. The number of halogens is 1. The van der Waals surface area contributed by atoms with Crippen LogP contribution in [0.2, 0.25) is 0 Å². The number of nitrogens with zero attached hydrogens (tertiary/aromatic N) is 2. The maximum atomic E-state index is 11.8. The third-order valence-corrected chi connectivity index (χ3v) is 2.79. The molecule has 0 spiro atoms. The molecular weight excluding hydrogens is 312 g/mol. The SMILES string of the molecule is Nc1cnn(CC(=O)Nc2cccc(Br)c2)c(=O)c1. The molecule has 98 valence electrons. The van der Waals surface area contributed by atoms with Crippen molar-refractivity contribution in [2.75, 3.05) is 11.1 Å². The van der Waals surface area contributed by atoms with Crippen LogP contribution in [-0.2, 0) is 11.3 Å². The van der Waals surface area contributed by atoms with E-state index in [9.17, 15) is 9.59 Å². The molecule has 0 aliphatic rings. The number of anilines is 2. The van der Waals surface area contributed by atoms with Gasteiger partial charge in [0.05, 0.1) is 11.9 Å². The molecule has 0 aliphatic carbocycles. The van der Waals surface area contributed by atoms with E-state index >= 15 is 0 Å². The predicted molar refractivity (Wildman–Crippen MR) is 75.7 cm³/mol. The second kappa shape index (κ2) is 5.66. The van der Waals surface area contributed by atoms with Gasteiger partial charge in [0, 0.05) is 16.2 Å². The topological polar surface area (TPSA) is 90.0 Å². The van der Waals surface area contributed by atoms with Crippen LogP contribution in [0.3, 0.4) is 0 Å². The second-order valence-electron chi connectivity index (χ2n) is 3.84. The summed E-state index contributed by atoms with van der Waals surface area (Å²) in [6.45, 7) is -0.161. The molecule has 2 rings (SSSR count). The van der Waals surface area contributed by atoms with E-state index in [4.69, 9.17) is 5.73 Å². The van der Waals surface area contributed by atoms with Crippen molar-refractivity contribution in [3.05, 3.63) is 51.4 Å². The number of nitrogens with two attached hydrogens (primary N) is 1. The van der Waals surface area contributed by atoms with Gasteiger partial charge in [0.1, 0.15) is 6.54 Å². The number of carbonyl (C=O) groups excluding carboxylic acids is 1. The Morgan fingerprint density at radius 1 is 1.42 bits per heavy atom. The van der Waals surface area contributed by atoms with Crippen LogP contribution in [-0.4, -0.2) is 15.7 Å². The highest BCUT2D eigenvalue weighted by Crippen LogP contribution is 2.15. The first-order valence-electron chi connectivity index (χ1n) is 5.42. The second-order valence-corrected chi connectivity index (χ2v) is 4.76. The van der Waals surface area contributed by atoms with Crippen molar-refractivity contribution in [2.45, 2.75) is 6.54 Å². The molecule has 0 saturated carbocycles. The molecule has 1 heterocycles. The van der Waals surface area contributed by atoms with Gasteiger partial charge in [-0.05, 0) is 18.2 Å². The summed E-state index contributed by atoms with van der Waals surface area (Å²) in [4.78, 5) is 23.3. The van der Waals surface area contributed by atoms with Crippen molar-refractivity contribution >= 4 is 33.2 Å². The van der Waals surface area contributed by atoms with E-state index in [2.05, 4.69) is 26.3 Å². The molecule has 0 aliphatic heterocycles. The van der Waals surface area contributed by atoms with Crippen LogP contribution in [0.5, 0.6) is 0 Å². The minimum Gasteiger partial charge on any atom is -0.397 e. The van der Waals surface area contributed by atoms with Crippen molar-refractivity contribution in [3.63, 3.8) is 0 Å². The quantitative estimate of drug-likeness (QED) is 0.889. The Bertz CT molecular complexity index is 669. The summed E-state index contributed by atoms with van der Waals surface area (Å²) in [7, 11) is 0. The fourth-order valence-corrected chi connectivity index (χ4v) is 1.87. The van der Waals surface area contributed by atoms with Gasteiger partial charge in [-0.3, -0.25) is 9.59 Å². The molecule has 1 aromatic heterocycles. The van der Waals surface area contributed by atoms with Gasteiger partial charge in [-0.15, -0.1) is 0 Å². The molecule has 2 aromatic rings. The first kappa shape index (κ1) is 13.3. The molecule has 3 N–H and O–H groups in total. The number of nitrogens with one attached hydrogen (secondary N) is 1. The summed E-state index contributed by atoms with van der Waals surface area (Å²) < 4.78 is 1.90. The molecule has 0 saturated heterocycles. The average molecular weight is 323 g/mol. The Morgan fingerprint density at radius 2 is 2.21 bits per heavy atom. The number of hydrogen-bond donors (Lipinski definition) is 2. The molecule has 7 heteroatoms. The Morgan fingerprint density at radius 3 is 2.89 bits per heavy atom. The Balaban J connectivity index is 2.07. The summed E-state index contributed by atoms with van der Waals surface area (Å²) in [6.07, 6.45) is 1.33. The molecule has 0 bridgehead atoms. The number of benzene rings is 1. The third-order valence-electron chi connectivity index (χ3n) is 2.29. The van der Waals surface area contributed by atoms with Crippen LogP contribution >= 0.6 is 15.9 Å². The first-order valence-corrected chi connectivity index (χ1v) is 6.22. The largest absolute Gasteiger partial charge is 0.397 e. The molecule has 1 aromatic carbocycles. The van der Waals surface area contributed by atoms with Crippen molar-refractivity contribution in [2.24, 2.45) is 0 Å². The van der Waals surface area contributed by atoms with Crippen molar-refractivity contribution in [1.29, 1.82) is 0 Å². The zero-order valence-electron chi connectivity index (χ0n) is 9.84. The fourth-order valence-electron chi connectivity index (χ4n) is 1.47. The lowest BCUT2D eigenvalue weighted by Crippen LogP contribution is -2.29. The van der Waals surface area contributed by atoms with Gasteiger partial charge in [0.15, 0.2) is 0 Å². The van der Waals surface area contributed by atoms with Crippen LogP contribution in [0.15, 0.2) is 45.8 Å². The average Bonchev–Trinajstić information content (AvgIpc) is 2.33. The van der Waals surface area contributed by atoms with E-state index in [1.165, 1.54) is 12.3 Å². The van der Waals surface area contributed by atoms with Gasteiger partial charge in [0.2, 0.25) is 5.91 Å². The number of aromatic nitrogens is 2. The van der Waals surface area contributed by atoms with Crippen LogP contribution in [0.4, 0.5) is 11.4 Å². The molecule has 0 fully saturated rings. The molecule has 0 atom stereocenters. The zero-order chi connectivity index (χ0) is 13.8. The lowest BCUT2D eigenvalue weighted by molar-refractivity contribution is -0.117. The summed E-state index contributed by atoms with van der Waals surface area (Å²) in [6, 6.07) is 8.38. The van der Waals surface area contributed by atoms with E-state index in [1.54, 1.807) is 18.2 Å². The lowest BCUT2D eigenvalue weighted by atomic mass is 10.3. The lowest BCUT2D eigenvalue weighted by Gasteiger charge is -2.06. The minimum atomic E-state index is -0.413. The number of hydrogen-bond acceptors (Lipinski definition) is 4. The molecule has 1 amide bonds. The van der Waals surface area contributed by atoms with Crippen LogP contribution in [0.25, 0.3) is 0 Å². The predicted octanol–water partition coefficient (Wildman–Crippen LogP) is 1.23. The molecule has 19 heavy (non-hydrogen) atoms. The minimum absolute atomic E-state index is 0.161. The monoisotopic (exact) mass is 322 g/mol. The highest BCUT2D eigenvalue weighted by Gasteiger charge is 2.06. The Kier molecular flexibility index (Phi) is 3.96. The molecule has 6 nitrogen and oxygen atoms in total. The van der Waals surface area contributed by atoms with Gasteiger partial charge < -0.3 is 11.1 Å². The number of nitrogen functional groups attached to an aromatic ring is 1. The summed E-state index contributed by atoms with van der Waals surface area (Å²) in [5, 5.41) is 6.46. The van der Waals surface area contributed by atoms with Gasteiger partial charge in [-0.25, -0.2) is 4.68 Å². The van der Waals surface area contributed by atoms with E-state index in [-0.39, 0.29) is 18.1 Å². The van der Waals surface area contributed by atoms with E-state index in [0.717, 1.165) is 9.15 Å². The summed E-state index contributed by atoms with van der Waals surface area (Å²) in [5.74, 6) is -0.336. The highest BCUT2D eigenvalue weighted by molar-refractivity contribution is 9.10. The van der Waals surface area contributed by atoms with Crippen LogP contribution in [0, 0.1) is 0 Å². The number of rotatable bonds is 3. The van der Waals surface area contributed by atoms with Crippen LogP contribution < -0.4 is 16.6 Å². The maximum absolute atomic E-state index is 11.8. The van der Waals surface area contributed by atoms with Crippen molar-refractivity contribution in [3.8, 4) is 0 Å². The first-order chi connectivity index (χ1) is 9.04. The van der Waals surface area contributed by atoms with E-state index in [0.29, 0.717) is 5.69 Å². The molecular formula is C12H11BrN4O2. The molecule has 0 radical (unpaired) electrons. The van der Waals surface area contributed by atoms with Crippen LogP contribution in [0.1, 0.15) is 0 Å². The normalized spacial score (nSPS) is 10.2. The third kappa shape index (κ3) is 3.65. The standard InChI is InChI=1S/C12H11BrN4O2/c13-8-2-1-3-10(4-8)16-11(18)7-17-12(19)5-9(14)6-15-17/h1-6H,7,14H2,(H,16,18). The smallest absolute Gasteiger partial charge is 0.269 e. The maximum Gasteiger partial charge on any atom is 0.269 e. The van der Waals surface area contributed by atoms with Crippen molar-refractivity contribution < 1.29 is 4.79 Å². The van der Waals surface area contributed by atoms with Gasteiger partial charge >= 0.3 is 0 Å². The number of amides is 1.